The lowest BCUT2D eigenvalue weighted by molar-refractivity contribution is -0.121. The van der Waals surface area contributed by atoms with Crippen LogP contribution >= 0.6 is 12.2 Å². The number of hydrogen-bond acceptors (Lipinski definition) is 4. The number of benzene rings is 1. The lowest BCUT2D eigenvalue weighted by Crippen LogP contribution is -2.23. The maximum Gasteiger partial charge on any atom is 0.239 e. The third kappa shape index (κ3) is 2.82. The van der Waals surface area contributed by atoms with Gasteiger partial charge in [-0.25, -0.2) is 0 Å². The molecule has 7 heteroatoms. The SMILES string of the molecule is CNC(=O)Cn1c(-c2ccc(OC)cc2)n[nH]c1=S. The van der Waals surface area contributed by atoms with E-state index in [9.17, 15) is 4.79 Å². The first-order valence-corrected chi connectivity index (χ1v) is 6.06. The number of H-pyrrole nitrogens is 1. The second kappa shape index (κ2) is 5.66. The molecule has 0 radical (unpaired) electrons. The Labute approximate surface area is 115 Å². The van der Waals surface area contributed by atoms with Crippen molar-refractivity contribution in [3.05, 3.63) is 29.0 Å². The molecule has 1 heterocycles. The monoisotopic (exact) mass is 278 g/mol. The van der Waals surface area contributed by atoms with Gasteiger partial charge in [0.2, 0.25) is 5.91 Å². The number of ether oxygens (including phenoxy) is 1. The van der Waals surface area contributed by atoms with Crippen LogP contribution in [0.4, 0.5) is 0 Å². The van der Waals surface area contributed by atoms with Crippen LogP contribution in [0.5, 0.6) is 5.75 Å². The van der Waals surface area contributed by atoms with Gasteiger partial charge in [0.15, 0.2) is 10.6 Å². The number of nitrogens with one attached hydrogen (secondary N) is 2. The smallest absolute Gasteiger partial charge is 0.239 e. The highest BCUT2D eigenvalue weighted by Crippen LogP contribution is 2.20. The first-order valence-electron chi connectivity index (χ1n) is 5.66. The highest BCUT2D eigenvalue weighted by atomic mass is 32.1. The van der Waals surface area contributed by atoms with E-state index < -0.39 is 0 Å². The van der Waals surface area contributed by atoms with Crippen molar-refractivity contribution < 1.29 is 9.53 Å². The van der Waals surface area contributed by atoms with Gasteiger partial charge in [0.05, 0.1) is 7.11 Å². The number of nitrogens with zero attached hydrogens (tertiary/aromatic N) is 2. The first-order chi connectivity index (χ1) is 9.15. The van der Waals surface area contributed by atoms with Crippen molar-refractivity contribution in [2.45, 2.75) is 6.54 Å². The second-order valence-electron chi connectivity index (χ2n) is 3.84. The molecule has 0 saturated carbocycles. The van der Waals surface area contributed by atoms with Crippen LogP contribution in [-0.4, -0.2) is 34.8 Å². The predicted octanol–water partition coefficient (Wildman–Crippen LogP) is 1.36. The summed E-state index contributed by atoms with van der Waals surface area (Å²) in [4.78, 5) is 11.5. The van der Waals surface area contributed by atoms with Gasteiger partial charge in [0.1, 0.15) is 12.3 Å². The number of methoxy groups -OCH3 is 1. The predicted molar refractivity (Wildman–Crippen MR) is 73.5 cm³/mol. The average Bonchev–Trinajstić information content (AvgIpc) is 2.80. The molecule has 0 fully saturated rings. The molecule has 0 unspecified atom stereocenters. The fourth-order valence-corrected chi connectivity index (χ4v) is 1.84. The van der Waals surface area contributed by atoms with E-state index in [0.717, 1.165) is 11.3 Å². The third-order valence-electron chi connectivity index (χ3n) is 2.69. The average molecular weight is 278 g/mol. The number of carbonyl (C=O) groups excluding carboxylic acids is 1. The number of amides is 1. The normalized spacial score (nSPS) is 10.2. The van der Waals surface area contributed by atoms with E-state index in [1.54, 1.807) is 18.7 Å². The minimum Gasteiger partial charge on any atom is -0.497 e. The van der Waals surface area contributed by atoms with E-state index in [0.29, 0.717) is 10.6 Å². The summed E-state index contributed by atoms with van der Waals surface area (Å²) in [6.45, 7) is 0.132. The Bertz CT molecular complexity index is 630. The molecule has 0 aliphatic heterocycles. The summed E-state index contributed by atoms with van der Waals surface area (Å²) in [5.41, 5.74) is 0.858. The number of rotatable bonds is 4. The summed E-state index contributed by atoms with van der Waals surface area (Å²) >= 11 is 5.13. The van der Waals surface area contributed by atoms with Crippen LogP contribution in [0.3, 0.4) is 0 Å². The molecule has 0 bridgehead atoms. The lowest BCUT2D eigenvalue weighted by Gasteiger charge is -2.06. The third-order valence-corrected chi connectivity index (χ3v) is 3.00. The number of likely N-dealkylation sites (N-methyl/N-ethyl adjacent to an activating group) is 1. The number of aromatic nitrogens is 3. The van der Waals surface area contributed by atoms with E-state index in [2.05, 4.69) is 15.5 Å². The molecule has 0 spiro atoms. The summed E-state index contributed by atoms with van der Waals surface area (Å²) < 4.78 is 7.16. The molecule has 2 rings (SSSR count). The molecule has 1 amide bonds. The Hall–Kier alpha value is -2.15. The Kier molecular flexibility index (Phi) is 3.96. The van der Waals surface area contributed by atoms with Gasteiger partial charge in [-0.05, 0) is 36.5 Å². The standard InChI is InChI=1S/C12H14N4O2S/c1-13-10(17)7-16-11(14-15-12(16)19)8-3-5-9(18-2)6-4-8/h3-6H,7H2,1-2H3,(H,13,17)(H,15,19). The van der Waals surface area contributed by atoms with Crippen molar-refractivity contribution in [3.8, 4) is 17.1 Å². The summed E-state index contributed by atoms with van der Waals surface area (Å²) in [5.74, 6) is 1.25. The van der Waals surface area contributed by atoms with Crippen molar-refractivity contribution >= 4 is 18.1 Å². The molecular formula is C12H14N4O2S. The molecule has 2 aromatic rings. The first kappa shape index (κ1) is 13.3. The lowest BCUT2D eigenvalue weighted by atomic mass is 10.2. The zero-order chi connectivity index (χ0) is 13.8. The largest absolute Gasteiger partial charge is 0.497 e. The minimum absolute atomic E-state index is 0.132. The van der Waals surface area contributed by atoms with Crippen LogP contribution in [0.1, 0.15) is 0 Å². The van der Waals surface area contributed by atoms with Crippen molar-refractivity contribution in [1.29, 1.82) is 0 Å². The van der Waals surface area contributed by atoms with Crippen LogP contribution < -0.4 is 10.1 Å². The van der Waals surface area contributed by atoms with Crippen LogP contribution in [0.15, 0.2) is 24.3 Å². The molecule has 2 N–H and O–H groups in total. The summed E-state index contributed by atoms with van der Waals surface area (Å²) in [6.07, 6.45) is 0. The minimum atomic E-state index is -0.132. The Balaban J connectivity index is 2.38. The number of carbonyl (C=O) groups is 1. The van der Waals surface area contributed by atoms with Gasteiger partial charge in [0, 0.05) is 12.6 Å². The van der Waals surface area contributed by atoms with Crippen LogP contribution in [0, 0.1) is 4.77 Å². The van der Waals surface area contributed by atoms with E-state index in [4.69, 9.17) is 17.0 Å². The van der Waals surface area contributed by atoms with Crippen molar-refractivity contribution in [3.63, 3.8) is 0 Å². The highest BCUT2D eigenvalue weighted by molar-refractivity contribution is 7.71. The summed E-state index contributed by atoms with van der Waals surface area (Å²) in [6, 6.07) is 7.39. The van der Waals surface area contributed by atoms with Crippen molar-refractivity contribution in [2.24, 2.45) is 0 Å². The van der Waals surface area contributed by atoms with Gasteiger partial charge in [-0.3, -0.25) is 14.5 Å². The van der Waals surface area contributed by atoms with Gasteiger partial charge in [-0.15, -0.1) is 0 Å². The van der Waals surface area contributed by atoms with Crippen LogP contribution in [0.25, 0.3) is 11.4 Å². The van der Waals surface area contributed by atoms with E-state index in [1.165, 1.54) is 0 Å². The van der Waals surface area contributed by atoms with E-state index in [1.807, 2.05) is 24.3 Å². The van der Waals surface area contributed by atoms with Crippen LogP contribution in [0.2, 0.25) is 0 Å². The topological polar surface area (TPSA) is 71.9 Å². The van der Waals surface area contributed by atoms with Gasteiger partial charge >= 0.3 is 0 Å². The Morgan fingerprint density at radius 3 is 2.74 bits per heavy atom. The molecule has 100 valence electrons. The summed E-state index contributed by atoms with van der Waals surface area (Å²) in [7, 11) is 3.19. The molecule has 1 aromatic heterocycles. The van der Waals surface area contributed by atoms with Crippen molar-refractivity contribution in [2.75, 3.05) is 14.2 Å². The molecule has 0 aliphatic carbocycles. The summed E-state index contributed by atoms with van der Waals surface area (Å²) in [5, 5.41) is 9.41. The zero-order valence-electron chi connectivity index (χ0n) is 10.6. The molecule has 0 aliphatic rings. The van der Waals surface area contributed by atoms with Crippen LogP contribution in [-0.2, 0) is 11.3 Å². The van der Waals surface area contributed by atoms with E-state index >= 15 is 0 Å². The fourth-order valence-electron chi connectivity index (χ4n) is 1.65. The molecule has 1 aromatic carbocycles. The quantitative estimate of drug-likeness (QED) is 0.828. The highest BCUT2D eigenvalue weighted by Gasteiger charge is 2.11. The number of hydrogen-bond donors (Lipinski definition) is 2. The molecule has 19 heavy (non-hydrogen) atoms. The van der Waals surface area contributed by atoms with Gasteiger partial charge in [-0.2, -0.15) is 5.10 Å². The molecule has 6 nitrogen and oxygen atoms in total. The van der Waals surface area contributed by atoms with E-state index in [-0.39, 0.29) is 12.5 Å². The van der Waals surface area contributed by atoms with Gasteiger partial charge in [0.25, 0.3) is 0 Å². The maximum absolute atomic E-state index is 11.5. The second-order valence-corrected chi connectivity index (χ2v) is 4.23. The zero-order valence-corrected chi connectivity index (χ0v) is 11.5. The van der Waals surface area contributed by atoms with Gasteiger partial charge < -0.3 is 10.1 Å². The Morgan fingerprint density at radius 2 is 2.16 bits per heavy atom. The molecule has 0 saturated heterocycles. The molecular weight excluding hydrogens is 264 g/mol. The van der Waals surface area contributed by atoms with Gasteiger partial charge in [-0.1, -0.05) is 0 Å². The Morgan fingerprint density at radius 1 is 1.47 bits per heavy atom. The maximum atomic E-state index is 11.5. The fraction of sp³-hybridized carbons (Fsp3) is 0.250. The number of aromatic amines is 1. The van der Waals surface area contributed by atoms with Crippen molar-refractivity contribution in [1.82, 2.24) is 20.1 Å². The molecule has 0 atom stereocenters.